The smallest absolute Gasteiger partial charge is 0.310 e. The molecular weight excluding hydrogens is 246 g/mol. The third kappa shape index (κ3) is 3.09. The average molecular weight is 271 g/mol. The number of rotatable bonds is 5. The van der Waals surface area contributed by atoms with Crippen LogP contribution in [-0.2, 0) is 14.3 Å². The molecule has 0 bridgehead atoms. The van der Waals surface area contributed by atoms with Crippen molar-refractivity contribution in [2.45, 2.75) is 50.8 Å². The van der Waals surface area contributed by atoms with Crippen molar-refractivity contribution in [1.82, 2.24) is 4.90 Å². The highest BCUT2D eigenvalue weighted by molar-refractivity contribution is 5.71. The molecule has 2 aliphatic rings. The Bertz CT molecular complexity index is 310. The molecule has 0 aromatic carbocycles. The quantitative estimate of drug-likeness (QED) is 0.818. The molecule has 1 N–H and O–H groups in total. The summed E-state index contributed by atoms with van der Waals surface area (Å²) in [4.78, 5) is 13.6. The van der Waals surface area contributed by atoms with Gasteiger partial charge in [-0.1, -0.05) is 19.8 Å². The van der Waals surface area contributed by atoms with Crippen molar-refractivity contribution in [1.29, 1.82) is 0 Å². The van der Waals surface area contributed by atoms with Gasteiger partial charge in [-0.25, -0.2) is 0 Å². The number of carbonyl (C=O) groups is 1. The summed E-state index contributed by atoms with van der Waals surface area (Å²) in [6.07, 6.45) is 4.80. The lowest BCUT2D eigenvalue weighted by Gasteiger charge is -2.42. The molecule has 0 aromatic heterocycles. The van der Waals surface area contributed by atoms with Crippen LogP contribution in [0.4, 0.5) is 0 Å². The van der Waals surface area contributed by atoms with Crippen LogP contribution in [0.2, 0.25) is 0 Å². The minimum atomic E-state index is -0.745. The van der Waals surface area contributed by atoms with E-state index < -0.39 is 11.9 Å². The molecule has 5 heteroatoms. The maximum Gasteiger partial charge on any atom is 0.310 e. The van der Waals surface area contributed by atoms with Crippen molar-refractivity contribution in [2.24, 2.45) is 5.92 Å². The van der Waals surface area contributed by atoms with Crippen molar-refractivity contribution in [3.63, 3.8) is 0 Å². The average Bonchev–Trinajstić information content (AvgIpc) is 2.89. The zero-order valence-electron chi connectivity index (χ0n) is 11.9. The molecule has 110 valence electrons. The van der Waals surface area contributed by atoms with Crippen molar-refractivity contribution in [3.8, 4) is 0 Å². The van der Waals surface area contributed by atoms with Crippen LogP contribution >= 0.6 is 0 Å². The second-order valence-corrected chi connectivity index (χ2v) is 5.51. The zero-order valence-corrected chi connectivity index (χ0v) is 11.9. The van der Waals surface area contributed by atoms with Gasteiger partial charge in [-0.2, -0.15) is 0 Å². The van der Waals surface area contributed by atoms with Crippen molar-refractivity contribution in [2.75, 3.05) is 26.9 Å². The van der Waals surface area contributed by atoms with E-state index in [1.165, 1.54) is 12.8 Å². The lowest BCUT2D eigenvalue weighted by Crippen LogP contribution is -2.54. The molecule has 2 fully saturated rings. The lowest BCUT2D eigenvalue weighted by atomic mass is 9.88. The minimum Gasteiger partial charge on any atom is -0.481 e. The van der Waals surface area contributed by atoms with Crippen LogP contribution in [0.15, 0.2) is 0 Å². The maximum atomic E-state index is 11.3. The molecule has 1 aliphatic heterocycles. The molecule has 0 amide bonds. The van der Waals surface area contributed by atoms with Crippen LogP contribution in [0.1, 0.15) is 32.6 Å². The molecule has 0 spiro atoms. The SMILES string of the molecule is CCN(C1CCCCC1OC)C1COCC1C(=O)O. The number of carboxylic acid groups (broad SMARTS) is 1. The Morgan fingerprint density at radius 1 is 1.32 bits per heavy atom. The number of nitrogens with zero attached hydrogens (tertiary/aromatic N) is 1. The Morgan fingerprint density at radius 2 is 2.05 bits per heavy atom. The van der Waals surface area contributed by atoms with E-state index in [1.54, 1.807) is 7.11 Å². The maximum absolute atomic E-state index is 11.3. The predicted molar refractivity (Wildman–Crippen MR) is 71.2 cm³/mol. The fourth-order valence-corrected chi connectivity index (χ4v) is 3.55. The number of hydrogen-bond donors (Lipinski definition) is 1. The van der Waals surface area contributed by atoms with Crippen molar-refractivity contribution < 1.29 is 19.4 Å². The minimum absolute atomic E-state index is 0.0109. The van der Waals surface area contributed by atoms with E-state index in [1.807, 2.05) is 0 Å². The first-order valence-corrected chi connectivity index (χ1v) is 7.28. The third-order valence-electron chi connectivity index (χ3n) is 4.56. The number of hydrogen-bond acceptors (Lipinski definition) is 4. The van der Waals surface area contributed by atoms with Gasteiger partial charge in [-0.15, -0.1) is 0 Å². The summed E-state index contributed by atoms with van der Waals surface area (Å²) in [5.74, 6) is -1.15. The fraction of sp³-hybridized carbons (Fsp3) is 0.929. The molecule has 1 saturated carbocycles. The van der Waals surface area contributed by atoms with Gasteiger partial charge in [0.25, 0.3) is 0 Å². The summed E-state index contributed by atoms with van der Waals surface area (Å²) in [6, 6.07) is 0.320. The molecule has 2 rings (SSSR count). The fourth-order valence-electron chi connectivity index (χ4n) is 3.55. The number of methoxy groups -OCH3 is 1. The summed E-state index contributed by atoms with van der Waals surface area (Å²) in [7, 11) is 1.76. The van der Waals surface area contributed by atoms with E-state index in [-0.39, 0.29) is 12.1 Å². The van der Waals surface area contributed by atoms with Crippen LogP contribution in [-0.4, -0.2) is 61.0 Å². The molecule has 5 nitrogen and oxygen atoms in total. The number of ether oxygens (including phenoxy) is 2. The summed E-state index contributed by atoms with van der Waals surface area (Å²) in [5, 5.41) is 9.31. The van der Waals surface area contributed by atoms with Gasteiger partial charge in [0.1, 0.15) is 0 Å². The molecule has 19 heavy (non-hydrogen) atoms. The number of carboxylic acids is 1. The van der Waals surface area contributed by atoms with E-state index in [0.29, 0.717) is 19.3 Å². The second-order valence-electron chi connectivity index (χ2n) is 5.51. The summed E-state index contributed by atoms with van der Waals surface area (Å²) < 4.78 is 11.0. The molecule has 1 heterocycles. The number of likely N-dealkylation sites (N-methyl/N-ethyl adjacent to an activating group) is 1. The Hall–Kier alpha value is -0.650. The first-order chi connectivity index (χ1) is 9.19. The van der Waals surface area contributed by atoms with E-state index in [4.69, 9.17) is 9.47 Å². The van der Waals surface area contributed by atoms with Gasteiger partial charge in [0.2, 0.25) is 0 Å². The third-order valence-corrected chi connectivity index (χ3v) is 4.56. The highest BCUT2D eigenvalue weighted by Crippen LogP contribution is 2.30. The van der Waals surface area contributed by atoms with Gasteiger partial charge in [-0.05, 0) is 19.4 Å². The van der Waals surface area contributed by atoms with Gasteiger partial charge in [0, 0.05) is 19.2 Å². The van der Waals surface area contributed by atoms with Gasteiger partial charge in [0.05, 0.1) is 25.2 Å². The Kier molecular flexibility index (Phi) is 5.19. The Balaban J connectivity index is 2.11. The summed E-state index contributed by atoms with van der Waals surface area (Å²) in [6.45, 7) is 3.81. The highest BCUT2D eigenvalue weighted by atomic mass is 16.5. The summed E-state index contributed by atoms with van der Waals surface area (Å²) in [5.41, 5.74) is 0. The molecule has 0 aromatic rings. The van der Waals surface area contributed by atoms with E-state index in [2.05, 4.69) is 11.8 Å². The molecular formula is C14H25NO4. The van der Waals surface area contributed by atoms with Crippen LogP contribution in [0.25, 0.3) is 0 Å². The molecule has 1 saturated heterocycles. The standard InChI is InChI=1S/C14H25NO4/c1-3-15(11-6-4-5-7-13(11)18-2)12-9-19-8-10(12)14(16)17/h10-13H,3-9H2,1-2H3,(H,16,17). The molecule has 1 aliphatic carbocycles. The molecule has 4 atom stereocenters. The van der Waals surface area contributed by atoms with Crippen molar-refractivity contribution >= 4 is 5.97 Å². The number of aliphatic carboxylic acids is 1. The first kappa shape index (κ1) is 14.8. The monoisotopic (exact) mass is 271 g/mol. The lowest BCUT2D eigenvalue weighted by molar-refractivity contribution is -0.144. The second kappa shape index (κ2) is 6.68. The van der Waals surface area contributed by atoms with E-state index >= 15 is 0 Å². The largest absolute Gasteiger partial charge is 0.481 e. The zero-order chi connectivity index (χ0) is 13.8. The van der Waals surface area contributed by atoms with Crippen LogP contribution < -0.4 is 0 Å². The Morgan fingerprint density at radius 3 is 2.68 bits per heavy atom. The van der Waals surface area contributed by atoms with E-state index in [0.717, 1.165) is 19.4 Å². The van der Waals surface area contributed by atoms with Crippen molar-refractivity contribution in [3.05, 3.63) is 0 Å². The van der Waals surface area contributed by atoms with Gasteiger partial charge >= 0.3 is 5.97 Å². The van der Waals surface area contributed by atoms with Gasteiger partial charge in [-0.3, -0.25) is 9.69 Å². The Labute approximate surface area is 114 Å². The van der Waals surface area contributed by atoms with Gasteiger partial charge < -0.3 is 14.6 Å². The molecule has 4 unspecified atom stereocenters. The summed E-state index contributed by atoms with van der Waals surface area (Å²) >= 11 is 0. The highest BCUT2D eigenvalue weighted by Gasteiger charge is 2.42. The topological polar surface area (TPSA) is 59.0 Å². The first-order valence-electron chi connectivity index (χ1n) is 7.28. The normalized spacial score (nSPS) is 35.7. The van der Waals surface area contributed by atoms with E-state index in [9.17, 15) is 9.90 Å². The molecule has 0 radical (unpaired) electrons. The van der Waals surface area contributed by atoms with Crippen LogP contribution in [0, 0.1) is 5.92 Å². The van der Waals surface area contributed by atoms with Crippen LogP contribution in [0.3, 0.4) is 0 Å². The predicted octanol–water partition coefficient (Wildman–Crippen LogP) is 1.37. The van der Waals surface area contributed by atoms with Gasteiger partial charge in [0.15, 0.2) is 0 Å². The van der Waals surface area contributed by atoms with Crippen LogP contribution in [0.5, 0.6) is 0 Å².